The molecule has 98 valence electrons. The number of rotatable bonds is 3. The summed E-state index contributed by atoms with van der Waals surface area (Å²) in [6, 6.07) is 11.2. The molecule has 0 amide bonds. The summed E-state index contributed by atoms with van der Waals surface area (Å²) in [7, 11) is 0. The van der Waals surface area contributed by atoms with Crippen LogP contribution in [0.15, 0.2) is 24.3 Å². The molecule has 0 aromatic heterocycles. The standard InChI is InChI=1S/C16H24N2/c1-11(2)12-3-5-13(6-4-12)17-16-9-14-7-8-15(10-16)18-14/h3-6,11,14-18H,7-10H2,1-2H3. The van der Waals surface area contributed by atoms with Crippen molar-refractivity contribution in [2.45, 2.75) is 63.6 Å². The Bertz CT molecular complexity index is 384. The second kappa shape index (κ2) is 4.93. The van der Waals surface area contributed by atoms with Gasteiger partial charge in [-0.3, -0.25) is 0 Å². The van der Waals surface area contributed by atoms with E-state index < -0.39 is 0 Å². The van der Waals surface area contributed by atoms with Gasteiger partial charge >= 0.3 is 0 Å². The van der Waals surface area contributed by atoms with Gasteiger partial charge in [0.2, 0.25) is 0 Å². The van der Waals surface area contributed by atoms with Gasteiger partial charge in [-0.1, -0.05) is 26.0 Å². The van der Waals surface area contributed by atoms with Crippen molar-refractivity contribution in [3.63, 3.8) is 0 Å². The number of benzene rings is 1. The van der Waals surface area contributed by atoms with Crippen molar-refractivity contribution in [3.05, 3.63) is 29.8 Å². The first-order valence-electron chi connectivity index (χ1n) is 7.33. The fraction of sp³-hybridized carbons (Fsp3) is 0.625. The van der Waals surface area contributed by atoms with Crippen LogP contribution in [0, 0.1) is 0 Å². The van der Waals surface area contributed by atoms with Crippen molar-refractivity contribution >= 4 is 5.69 Å². The summed E-state index contributed by atoms with van der Waals surface area (Å²) >= 11 is 0. The SMILES string of the molecule is CC(C)c1ccc(NC2CC3CCC(C2)N3)cc1. The second-order valence-electron chi connectivity index (χ2n) is 6.23. The molecular weight excluding hydrogens is 220 g/mol. The molecule has 2 heteroatoms. The zero-order valence-electron chi connectivity index (χ0n) is 11.4. The summed E-state index contributed by atoms with van der Waals surface area (Å²) in [5.74, 6) is 0.619. The molecule has 2 atom stereocenters. The minimum Gasteiger partial charge on any atom is -0.382 e. The highest BCUT2D eigenvalue weighted by Gasteiger charge is 2.33. The number of nitrogens with one attached hydrogen (secondary N) is 2. The Hall–Kier alpha value is -1.02. The monoisotopic (exact) mass is 244 g/mol. The van der Waals surface area contributed by atoms with Crippen molar-refractivity contribution in [1.29, 1.82) is 0 Å². The van der Waals surface area contributed by atoms with Gasteiger partial charge in [0.25, 0.3) is 0 Å². The average Bonchev–Trinajstić information content (AvgIpc) is 2.69. The Morgan fingerprint density at radius 1 is 1.06 bits per heavy atom. The predicted octanol–water partition coefficient (Wildman–Crippen LogP) is 3.50. The Balaban J connectivity index is 1.62. The molecule has 0 aliphatic carbocycles. The van der Waals surface area contributed by atoms with E-state index in [1.165, 1.54) is 36.9 Å². The van der Waals surface area contributed by atoms with E-state index in [0.717, 1.165) is 12.1 Å². The largest absolute Gasteiger partial charge is 0.382 e. The molecule has 0 radical (unpaired) electrons. The van der Waals surface area contributed by atoms with E-state index in [4.69, 9.17) is 0 Å². The van der Waals surface area contributed by atoms with Crippen molar-refractivity contribution in [2.75, 3.05) is 5.32 Å². The molecule has 2 heterocycles. The third kappa shape index (κ3) is 2.54. The molecule has 2 aliphatic heterocycles. The molecule has 3 rings (SSSR count). The maximum absolute atomic E-state index is 3.71. The van der Waals surface area contributed by atoms with E-state index >= 15 is 0 Å². The zero-order chi connectivity index (χ0) is 12.5. The second-order valence-corrected chi connectivity index (χ2v) is 6.23. The average molecular weight is 244 g/mol. The van der Waals surface area contributed by atoms with Crippen LogP contribution >= 0.6 is 0 Å². The van der Waals surface area contributed by atoms with E-state index in [1.807, 2.05) is 0 Å². The van der Waals surface area contributed by atoms with E-state index in [0.29, 0.717) is 12.0 Å². The number of piperidine rings is 1. The molecule has 2 N–H and O–H groups in total. The summed E-state index contributed by atoms with van der Waals surface area (Å²) in [4.78, 5) is 0. The van der Waals surface area contributed by atoms with Crippen LogP contribution in [-0.4, -0.2) is 18.1 Å². The fourth-order valence-corrected chi connectivity index (χ4v) is 3.38. The molecular formula is C16H24N2. The molecule has 18 heavy (non-hydrogen) atoms. The molecule has 2 saturated heterocycles. The molecule has 2 fully saturated rings. The van der Waals surface area contributed by atoms with Crippen molar-refractivity contribution in [2.24, 2.45) is 0 Å². The molecule has 2 aliphatic rings. The van der Waals surface area contributed by atoms with Crippen molar-refractivity contribution in [1.82, 2.24) is 5.32 Å². The lowest BCUT2D eigenvalue weighted by atomic mass is 9.99. The lowest BCUT2D eigenvalue weighted by molar-refractivity contribution is 0.378. The summed E-state index contributed by atoms with van der Waals surface area (Å²) in [6.07, 6.45) is 5.30. The van der Waals surface area contributed by atoms with Crippen LogP contribution in [0.25, 0.3) is 0 Å². The van der Waals surface area contributed by atoms with E-state index in [9.17, 15) is 0 Å². The highest BCUT2D eigenvalue weighted by atomic mass is 15.0. The summed E-state index contributed by atoms with van der Waals surface area (Å²) in [5, 5.41) is 7.40. The first kappa shape index (κ1) is 12.0. The molecule has 0 saturated carbocycles. The van der Waals surface area contributed by atoms with Gasteiger partial charge in [-0.25, -0.2) is 0 Å². The van der Waals surface area contributed by atoms with Crippen molar-refractivity contribution < 1.29 is 0 Å². The van der Waals surface area contributed by atoms with Crippen LogP contribution in [-0.2, 0) is 0 Å². The first-order chi connectivity index (χ1) is 8.70. The fourth-order valence-electron chi connectivity index (χ4n) is 3.38. The van der Waals surface area contributed by atoms with Gasteiger partial charge in [0.1, 0.15) is 0 Å². The Morgan fingerprint density at radius 3 is 2.22 bits per heavy atom. The van der Waals surface area contributed by atoms with Gasteiger partial charge in [-0.2, -0.15) is 0 Å². The third-order valence-corrected chi connectivity index (χ3v) is 4.42. The highest BCUT2D eigenvalue weighted by Crippen LogP contribution is 2.29. The number of fused-ring (bicyclic) bond motifs is 2. The molecule has 1 aromatic rings. The summed E-state index contributed by atoms with van der Waals surface area (Å²) in [6.45, 7) is 4.49. The lowest BCUT2D eigenvalue weighted by Crippen LogP contribution is -2.43. The van der Waals surface area contributed by atoms with Crippen LogP contribution in [0.3, 0.4) is 0 Å². The Labute approximate surface area is 110 Å². The van der Waals surface area contributed by atoms with Gasteiger partial charge in [-0.15, -0.1) is 0 Å². The normalized spacial score (nSPS) is 30.7. The minimum atomic E-state index is 0.619. The number of anilines is 1. The van der Waals surface area contributed by atoms with Gasteiger partial charge in [0, 0.05) is 23.8 Å². The van der Waals surface area contributed by atoms with E-state index in [2.05, 4.69) is 48.7 Å². The van der Waals surface area contributed by atoms with Gasteiger partial charge in [-0.05, 0) is 49.3 Å². The summed E-state index contributed by atoms with van der Waals surface area (Å²) < 4.78 is 0. The molecule has 2 nitrogen and oxygen atoms in total. The Kier molecular flexibility index (Phi) is 3.29. The highest BCUT2D eigenvalue weighted by molar-refractivity contribution is 5.46. The quantitative estimate of drug-likeness (QED) is 0.850. The topological polar surface area (TPSA) is 24.1 Å². The molecule has 1 aromatic carbocycles. The smallest absolute Gasteiger partial charge is 0.0342 e. The van der Waals surface area contributed by atoms with Gasteiger partial charge in [0.05, 0.1) is 0 Å². The summed E-state index contributed by atoms with van der Waals surface area (Å²) in [5.41, 5.74) is 2.71. The lowest BCUT2D eigenvalue weighted by Gasteiger charge is -2.30. The third-order valence-electron chi connectivity index (χ3n) is 4.42. The van der Waals surface area contributed by atoms with Crippen molar-refractivity contribution in [3.8, 4) is 0 Å². The van der Waals surface area contributed by atoms with Crippen LogP contribution in [0.5, 0.6) is 0 Å². The molecule has 0 spiro atoms. The molecule has 2 bridgehead atoms. The maximum Gasteiger partial charge on any atom is 0.0342 e. The number of hydrogen-bond donors (Lipinski definition) is 2. The minimum absolute atomic E-state index is 0.619. The van der Waals surface area contributed by atoms with Crippen LogP contribution in [0.2, 0.25) is 0 Å². The van der Waals surface area contributed by atoms with E-state index in [1.54, 1.807) is 0 Å². The van der Waals surface area contributed by atoms with Crippen LogP contribution in [0.1, 0.15) is 51.0 Å². The maximum atomic E-state index is 3.71. The predicted molar refractivity (Wildman–Crippen MR) is 77.1 cm³/mol. The first-order valence-corrected chi connectivity index (χ1v) is 7.33. The van der Waals surface area contributed by atoms with Crippen LogP contribution < -0.4 is 10.6 Å². The number of hydrogen-bond acceptors (Lipinski definition) is 2. The van der Waals surface area contributed by atoms with E-state index in [-0.39, 0.29) is 0 Å². The van der Waals surface area contributed by atoms with Crippen LogP contribution in [0.4, 0.5) is 5.69 Å². The van der Waals surface area contributed by atoms with Gasteiger partial charge in [0.15, 0.2) is 0 Å². The Morgan fingerprint density at radius 2 is 1.67 bits per heavy atom. The zero-order valence-corrected chi connectivity index (χ0v) is 11.4. The van der Waals surface area contributed by atoms with Gasteiger partial charge < -0.3 is 10.6 Å². The molecule has 2 unspecified atom stereocenters.